The van der Waals surface area contributed by atoms with E-state index in [4.69, 9.17) is 4.74 Å². The Morgan fingerprint density at radius 1 is 1.07 bits per heavy atom. The topological polar surface area (TPSA) is 78.9 Å². The molecule has 1 saturated heterocycles. The van der Waals surface area contributed by atoms with E-state index in [1.807, 2.05) is 24.3 Å². The van der Waals surface area contributed by atoms with E-state index >= 15 is 0 Å². The number of carbonyl (C=O) groups excluding carboxylic acids is 2. The molecular formula is C24H30N2O4. The minimum absolute atomic E-state index is 0.00166. The van der Waals surface area contributed by atoms with Crippen molar-refractivity contribution >= 4 is 11.8 Å². The lowest BCUT2D eigenvalue weighted by molar-refractivity contribution is -0.139. The molecule has 1 atom stereocenters. The van der Waals surface area contributed by atoms with Crippen LogP contribution in [-0.4, -0.2) is 47.1 Å². The standard InChI is InChI=1S/C24H30N2O4/c1-16(2)21-9-4-5-10-22(21)30-17(3)24(29)26-13-11-19(12-14-26)25-23(28)18-7-6-8-20(27)15-18/h4-10,15-17,19,27H,11-14H2,1-3H3,(H,25,28). The molecule has 1 aliphatic rings. The van der Waals surface area contributed by atoms with Crippen LogP contribution < -0.4 is 10.1 Å². The lowest BCUT2D eigenvalue weighted by atomic mass is 10.0. The number of rotatable bonds is 6. The average Bonchev–Trinajstić information content (AvgIpc) is 2.74. The van der Waals surface area contributed by atoms with Gasteiger partial charge in [0.2, 0.25) is 0 Å². The van der Waals surface area contributed by atoms with Crippen LogP contribution in [0, 0.1) is 0 Å². The van der Waals surface area contributed by atoms with Gasteiger partial charge in [-0.25, -0.2) is 0 Å². The van der Waals surface area contributed by atoms with Crippen molar-refractivity contribution in [1.29, 1.82) is 0 Å². The highest BCUT2D eigenvalue weighted by molar-refractivity contribution is 5.94. The number of hydrogen-bond acceptors (Lipinski definition) is 4. The summed E-state index contributed by atoms with van der Waals surface area (Å²) in [6.07, 6.45) is 0.806. The van der Waals surface area contributed by atoms with Crippen molar-refractivity contribution in [2.75, 3.05) is 13.1 Å². The molecule has 3 rings (SSSR count). The highest BCUT2D eigenvalue weighted by atomic mass is 16.5. The maximum atomic E-state index is 12.9. The first-order chi connectivity index (χ1) is 14.3. The molecule has 6 heteroatoms. The van der Waals surface area contributed by atoms with E-state index in [0.29, 0.717) is 37.4 Å². The Balaban J connectivity index is 1.52. The lowest BCUT2D eigenvalue weighted by Crippen LogP contribution is -2.49. The Morgan fingerprint density at radius 2 is 1.77 bits per heavy atom. The van der Waals surface area contributed by atoms with E-state index in [-0.39, 0.29) is 23.6 Å². The summed E-state index contributed by atoms with van der Waals surface area (Å²) in [6.45, 7) is 7.14. The van der Waals surface area contributed by atoms with Crippen molar-refractivity contribution in [2.45, 2.75) is 51.7 Å². The fraction of sp³-hybridized carbons (Fsp3) is 0.417. The summed E-state index contributed by atoms with van der Waals surface area (Å²) < 4.78 is 6.00. The number of phenolic OH excluding ortho intramolecular Hbond substituents is 1. The summed E-state index contributed by atoms with van der Waals surface area (Å²) >= 11 is 0. The number of ether oxygens (including phenoxy) is 1. The zero-order chi connectivity index (χ0) is 21.7. The Kier molecular flexibility index (Phi) is 6.98. The molecule has 1 aliphatic heterocycles. The number of phenols is 1. The third-order valence-corrected chi connectivity index (χ3v) is 5.44. The Bertz CT molecular complexity index is 888. The third kappa shape index (κ3) is 5.32. The van der Waals surface area contributed by atoms with Crippen LogP contribution in [0.1, 0.15) is 55.5 Å². The van der Waals surface area contributed by atoms with Gasteiger partial charge in [0.05, 0.1) is 0 Å². The van der Waals surface area contributed by atoms with Crippen molar-refractivity contribution in [1.82, 2.24) is 10.2 Å². The van der Waals surface area contributed by atoms with Gasteiger partial charge in [0.15, 0.2) is 6.10 Å². The van der Waals surface area contributed by atoms with Gasteiger partial charge in [-0.2, -0.15) is 0 Å². The van der Waals surface area contributed by atoms with E-state index in [1.165, 1.54) is 12.1 Å². The fourth-order valence-corrected chi connectivity index (χ4v) is 3.72. The number of amides is 2. The molecule has 0 radical (unpaired) electrons. The first kappa shape index (κ1) is 21.7. The summed E-state index contributed by atoms with van der Waals surface area (Å²) in [5.41, 5.74) is 1.52. The van der Waals surface area contributed by atoms with Crippen LogP contribution in [-0.2, 0) is 4.79 Å². The summed E-state index contributed by atoms with van der Waals surface area (Å²) in [5.74, 6) is 0.885. The Labute approximate surface area is 177 Å². The van der Waals surface area contributed by atoms with Crippen LogP contribution in [0.2, 0.25) is 0 Å². The first-order valence-electron chi connectivity index (χ1n) is 10.5. The molecule has 1 fully saturated rings. The third-order valence-electron chi connectivity index (χ3n) is 5.44. The number of aromatic hydroxyl groups is 1. The average molecular weight is 411 g/mol. The number of likely N-dealkylation sites (tertiary alicyclic amines) is 1. The minimum atomic E-state index is -0.566. The molecule has 2 aromatic rings. The highest BCUT2D eigenvalue weighted by Crippen LogP contribution is 2.27. The molecule has 0 aliphatic carbocycles. The summed E-state index contributed by atoms with van der Waals surface area (Å²) in [4.78, 5) is 27.0. The Morgan fingerprint density at radius 3 is 2.43 bits per heavy atom. The molecule has 1 heterocycles. The predicted octanol–water partition coefficient (Wildman–Crippen LogP) is 3.70. The molecule has 30 heavy (non-hydrogen) atoms. The van der Waals surface area contributed by atoms with Crippen LogP contribution in [0.25, 0.3) is 0 Å². The van der Waals surface area contributed by atoms with Crippen LogP contribution in [0.4, 0.5) is 0 Å². The van der Waals surface area contributed by atoms with Gasteiger partial charge in [0.25, 0.3) is 11.8 Å². The van der Waals surface area contributed by atoms with Crippen LogP contribution in [0.3, 0.4) is 0 Å². The second-order valence-electron chi connectivity index (χ2n) is 8.08. The zero-order valence-electron chi connectivity index (χ0n) is 17.8. The van der Waals surface area contributed by atoms with Gasteiger partial charge in [-0.3, -0.25) is 9.59 Å². The maximum Gasteiger partial charge on any atom is 0.263 e. The van der Waals surface area contributed by atoms with E-state index in [2.05, 4.69) is 19.2 Å². The molecule has 0 aromatic heterocycles. The van der Waals surface area contributed by atoms with Gasteiger partial charge in [0, 0.05) is 24.7 Å². The van der Waals surface area contributed by atoms with Gasteiger partial charge < -0.3 is 20.1 Å². The summed E-state index contributed by atoms with van der Waals surface area (Å²) in [6, 6.07) is 14.1. The minimum Gasteiger partial charge on any atom is -0.508 e. The number of piperidine rings is 1. The molecule has 0 spiro atoms. The zero-order valence-corrected chi connectivity index (χ0v) is 17.8. The smallest absolute Gasteiger partial charge is 0.263 e. The first-order valence-corrected chi connectivity index (χ1v) is 10.5. The quantitative estimate of drug-likeness (QED) is 0.761. The van der Waals surface area contributed by atoms with Crippen LogP contribution in [0.5, 0.6) is 11.5 Å². The molecule has 1 unspecified atom stereocenters. The fourth-order valence-electron chi connectivity index (χ4n) is 3.72. The molecule has 6 nitrogen and oxygen atoms in total. The predicted molar refractivity (Wildman–Crippen MR) is 116 cm³/mol. The number of nitrogens with one attached hydrogen (secondary N) is 1. The molecule has 0 saturated carbocycles. The maximum absolute atomic E-state index is 12.9. The van der Waals surface area contributed by atoms with Crippen LogP contribution >= 0.6 is 0 Å². The number of nitrogens with zero attached hydrogens (tertiary/aromatic N) is 1. The van der Waals surface area contributed by atoms with Gasteiger partial charge in [0.1, 0.15) is 11.5 Å². The Hall–Kier alpha value is -3.02. The SMILES string of the molecule is CC(Oc1ccccc1C(C)C)C(=O)N1CCC(NC(=O)c2cccc(O)c2)CC1. The summed E-state index contributed by atoms with van der Waals surface area (Å²) in [7, 11) is 0. The molecule has 0 bridgehead atoms. The molecule has 2 amide bonds. The number of carbonyl (C=O) groups is 2. The highest BCUT2D eigenvalue weighted by Gasteiger charge is 2.28. The normalized spacial score (nSPS) is 15.7. The van der Waals surface area contributed by atoms with Crippen molar-refractivity contribution in [3.8, 4) is 11.5 Å². The molecule has 2 N–H and O–H groups in total. The molecular weight excluding hydrogens is 380 g/mol. The van der Waals surface area contributed by atoms with E-state index in [1.54, 1.807) is 24.0 Å². The van der Waals surface area contributed by atoms with E-state index in [0.717, 1.165) is 11.3 Å². The number of benzene rings is 2. The number of para-hydroxylation sites is 1. The van der Waals surface area contributed by atoms with Crippen LogP contribution in [0.15, 0.2) is 48.5 Å². The van der Waals surface area contributed by atoms with Gasteiger partial charge in [-0.15, -0.1) is 0 Å². The van der Waals surface area contributed by atoms with Crippen molar-refractivity contribution in [3.05, 3.63) is 59.7 Å². The van der Waals surface area contributed by atoms with Crippen molar-refractivity contribution < 1.29 is 19.4 Å². The van der Waals surface area contributed by atoms with Gasteiger partial charge in [-0.1, -0.05) is 38.1 Å². The van der Waals surface area contributed by atoms with Gasteiger partial charge >= 0.3 is 0 Å². The monoisotopic (exact) mass is 410 g/mol. The molecule has 160 valence electrons. The van der Waals surface area contributed by atoms with Gasteiger partial charge in [-0.05, 0) is 55.5 Å². The number of hydrogen-bond donors (Lipinski definition) is 2. The van der Waals surface area contributed by atoms with Crippen molar-refractivity contribution in [3.63, 3.8) is 0 Å². The van der Waals surface area contributed by atoms with E-state index in [9.17, 15) is 14.7 Å². The summed E-state index contributed by atoms with van der Waals surface area (Å²) in [5, 5.41) is 12.5. The van der Waals surface area contributed by atoms with E-state index < -0.39 is 6.10 Å². The van der Waals surface area contributed by atoms with Crippen molar-refractivity contribution in [2.24, 2.45) is 0 Å². The second-order valence-corrected chi connectivity index (χ2v) is 8.08. The largest absolute Gasteiger partial charge is 0.508 e. The second kappa shape index (κ2) is 9.65. The lowest BCUT2D eigenvalue weighted by Gasteiger charge is -2.34. The molecule has 2 aromatic carbocycles.